The predicted octanol–water partition coefficient (Wildman–Crippen LogP) is 0.503. The zero-order chi connectivity index (χ0) is 7.84. The van der Waals surface area contributed by atoms with Gasteiger partial charge in [-0.3, -0.25) is 0 Å². The van der Waals surface area contributed by atoms with E-state index in [1.165, 1.54) is 7.11 Å². The Morgan fingerprint density at radius 2 is 2.45 bits per heavy atom. The average Bonchev–Trinajstić information content (AvgIpc) is 2.62. The minimum atomic E-state index is -0.338. The number of fused-ring (bicyclic) bond motifs is 2. The van der Waals surface area contributed by atoms with Crippen molar-refractivity contribution in [3.63, 3.8) is 0 Å². The largest absolute Gasteiger partial charge is 0.467 e. The molecular formula is C8H10O3. The van der Waals surface area contributed by atoms with Crippen LogP contribution in [0.4, 0.5) is 0 Å². The van der Waals surface area contributed by atoms with Gasteiger partial charge in [-0.2, -0.15) is 0 Å². The van der Waals surface area contributed by atoms with Crippen molar-refractivity contribution < 1.29 is 14.3 Å². The quantitative estimate of drug-likeness (QED) is 0.407. The number of carbonyl (C=O) groups excluding carboxylic acids is 1. The van der Waals surface area contributed by atoms with Crippen LogP contribution >= 0.6 is 0 Å². The van der Waals surface area contributed by atoms with Gasteiger partial charge in [0.15, 0.2) is 6.10 Å². The lowest BCUT2D eigenvalue weighted by molar-refractivity contribution is -0.154. The van der Waals surface area contributed by atoms with Gasteiger partial charge in [-0.05, 0) is 6.42 Å². The molecule has 2 rings (SSSR count). The van der Waals surface area contributed by atoms with E-state index in [4.69, 9.17) is 4.74 Å². The van der Waals surface area contributed by atoms with Gasteiger partial charge in [0, 0.05) is 5.92 Å². The maximum Gasteiger partial charge on any atom is 0.335 e. The molecule has 0 aromatic rings. The van der Waals surface area contributed by atoms with Crippen LogP contribution in [0, 0.1) is 5.92 Å². The zero-order valence-electron chi connectivity index (χ0n) is 6.32. The van der Waals surface area contributed by atoms with Crippen LogP contribution in [0.15, 0.2) is 12.2 Å². The molecule has 0 radical (unpaired) electrons. The minimum Gasteiger partial charge on any atom is -0.467 e. The maximum absolute atomic E-state index is 11.0. The fourth-order valence-corrected chi connectivity index (χ4v) is 1.65. The highest BCUT2D eigenvalue weighted by atomic mass is 16.6. The van der Waals surface area contributed by atoms with Gasteiger partial charge in [0.25, 0.3) is 0 Å². The highest BCUT2D eigenvalue weighted by Crippen LogP contribution is 2.34. The number of methoxy groups -OCH3 is 1. The van der Waals surface area contributed by atoms with Crippen LogP contribution in [0.25, 0.3) is 0 Å². The van der Waals surface area contributed by atoms with Crippen LogP contribution in [0.1, 0.15) is 6.42 Å². The molecule has 11 heavy (non-hydrogen) atoms. The third kappa shape index (κ3) is 0.959. The van der Waals surface area contributed by atoms with Gasteiger partial charge in [-0.1, -0.05) is 12.2 Å². The lowest BCUT2D eigenvalue weighted by Gasteiger charge is -2.15. The van der Waals surface area contributed by atoms with Crippen molar-refractivity contribution in [3.8, 4) is 0 Å². The van der Waals surface area contributed by atoms with Crippen molar-refractivity contribution in [2.45, 2.75) is 18.6 Å². The summed E-state index contributed by atoms with van der Waals surface area (Å²) in [5.74, 6) is 0.00861. The van der Waals surface area contributed by atoms with E-state index < -0.39 is 0 Å². The lowest BCUT2D eigenvalue weighted by Crippen LogP contribution is -2.28. The van der Waals surface area contributed by atoms with Gasteiger partial charge in [0.1, 0.15) is 0 Å². The van der Waals surface area contributed by atoms with E-state index in [9.17, 15) is 4.79 Å². The standard InChI is InChI=1S/C8H10O3/c1-10-8(9)7-5-2-3-6(4-5)11-7/h2-3,5-7H,4H2,1H3/t5-,6-,7+/m0/s1. The zero-order valence-corrected chi connectivity index (χ0v) is 6.32. The number of rotatable bonds is 1. The Balaban J connectivity index is 2.08. The third-order valence-electron chi connectivity index (χ3n) is 2.22. The number of hydrogen-bond acceptors (Lipinski definition) is 3. The lowest BCUT2D eigenvalue weighted by atomic mass is 10.0. The summed E-state index contributed by atoms with van der Waals surface area (Å²) in [5.41, 5.74) is 0. The summed E-state index contributed by atoms with van der Waals surface area (Å²) >= 11 is 0. The molecule has 1 fully saturated rings. The van der Waals surface area contributed by atoms with E-state index in [1.807, 2.05) is 12.2 Å². The van der Waals surface area contributed by atoms with Crippen molar-refractivity contribution >= 4 is 5.97 Å². The molecule has 0 unspecified atom stereocenters. The molecule has 1 aliphatic carbocycles. The summed E-state index contributed by atoms with van der Waals surface area (Å²) in [6.07, 6.45) is 4.80. The van der Waals surface area contributed by atoms with E-state index >= 15 is 0 Å². The van der Waals surface area contributed by atoms with Crippen LogP contribution < -0.4 is 0 Å². The van der Waals surface area contributed by atoms with Gasteiger partial charge in [-0.15, -0.1) is 0 Å². The van der Waals surface area contributed by atoms with Gasteiger partial charge in [0.05, 0.1) is 13.2 Å². The molecule has 60 valence electrons. The molecule has 0 amide bonds. The van der Waals surface area contributed by atoms with Crippen LogP contribution in [0.2, 0.25) is 0 Å². The molecule has 0 N–H and O–H groups in total. The van der Waals surface area contributed by atoms with Gasteiger partial charge >= 0.3 is 5.97 Å². The third-order valence-corrected chi connectivity index (χ3v) is 2.22. The molecule has 0 spiro atoms. The Morgan fingerprint density at radius 1 is 1.64 bits per heavy atom. The highest BCUT2D eigenvalue weighted by Gasteiger charge is 2.41. The molecule has 3 atom stereocenters. The second-order valence-corrected chi connectivity index (χ2v) is 2.90. The molecule has 0 saturated carbocycles. The first kappa shape index (κ1) is 6.85. The smallest absolute Gasteiger partial charge is 0.335 e. The van der Waals surface area contributed by atoms with Crippen molar-refractivity contribution in [2.75, 3.05) is 7.11 Å². The molecule has 0 aromatic carbocycles. The van der Waals surface area contributed by atoms with Crippen molar-refractivity contribution in [1.82, 2.24) is 0 Å². The monoisotopic (exact) mass is 154 g/mol. The fraction of sp³-hybridized carbons (Fsp3) is 0.625. The molecule has 2 bridgehead atoms. The van der Waals surface area contributed by atoms with E-state index in [1.54, 1.807) is 0 Å². The van der Waals surface area contributed by atoms with Crippen LogP contribution in [0.5, 0.6) is 0 Å². The summed E-state index contributed by atoms with van der Waals surface area (Å²) in [6, 6.07) is 0. The first-order chi connectivity index (χ1) is 5.31. The van der Waals surface area contributed by atoms with Gasteiger partial charge < -0.3 is 9.47 Å². The van der Waals surface area contributed by atoms with Crippen molar-refractivity contribution in [1.29, 1.82) is 0 Å². The summed E-state index contributed by atoms with van der Waals surface area (Å²) in [6.45, 7) is 0. The van der Waals surface area contributed by atoms with Crippen molar-refractivity contribution in [2.24, 2.45) is 5.92 Å². The first-order valence-electron chi connectivity index (χ1n) is 3.73. The average molecular weight is 154 g/mol. The second kappa shape index (κ2) is 2.34. The minimum absolute atomic E-state index is 0.157. The van der Waals surface area contributed by atoms with Crippen LogP contribution in [-0.2, 0) is 14.3 Å². The molecule has 3 nitrogen and oxygen atoms in total. The molecule has 2 aliphatic rings. The van der Waals surface area contributed by atoms with E-state index in [2.05, 4.69) is 4.74 Å². The maximum atomic E-state index is 11.0. The summed E-state index contributed by atoms with van der Waals surface area (Å²) in [5, 5.41) is 0. The highest BCUT2D eigenvalue weighted by molar-refractivity contribution is 5.76. The first-order valence-corrected chi connectivity index (χ1v) is 3.73. The van der Waals surface area contributed by atoms with E-state index in [-0.39, 0.29) is 24.1 Å². The fourth-order valence-electron chi connectivity index (χ4n) is 1.65. The summed E-state index contributed by atoms with van der Waals surface area (Å²) < 4.78 is 9.94. The Morgan fingerprint density at radius 3 is 2.91 bits per heavy atom. The topological polar surface area (TPSA) is 35.5 Å². The van der Waals surface area contributed by atoms with Crippen LogP contribution in [-0.4, -0.2) is 25.3 Å². The number of esters is 1. The molecule has 3 heteroatoms. The normalized spacial score (nSPS) is 39.5. The Labute approximate surface area is 65.0 Å². The summed E-state index contributed by atoms with van der Waals surface area (Å²) in [4.78, 5) is 11.0. The van der Waals surface area contributed by atoms with Crippen LogP contribution in [0.3, 0.4) is 0 Å². The molecular weight excluding hydrogens is 144 g/mol. The molecule has 1 aliphatic heterocycles. The van der Waals surface area contributed by atoms with Crippen molar-refractivity contribution in [3.05, 3.63) is 12.2 Å². The Bertz CT molecular complexity index is 209. The van der Waals surface area contributed by atoms with E-state index in [0.717, 1.165) is 6.42 Å². The Hall–Kier alpha value is -0.830. The number of hydrogen-bond donors (Lipinski definition) is 0. The Kier molecular flexibility index (Phi) is 1.46. The number of ether oxygens (including phenoxy) is 2. The number of carbonyl (C=O) groups is 1. The molecule has 1 heterocycles. The van der Waals surface area contributed by atoms with Gasteiger partial charge in [-0.25, -0.2) is 4.79 Å². The second-order valence-electron chi connectivity index (χ2n) is 2.90. The van der Waals surface area contributed by atoms with Gasteiger partial charge in [0.2, 0.25) is 0 Å². The molecule has 0 aromatic heterocycles. The predicted molar refractivity (Wildman–Crippen MR) is 37.9 cm³/mol. The molecule has 1 saturated heterocycles. The van der Waals surface area contributed by atoms with E-state index in [0.29, 0.717) is 0 Å². The summed E-state index contributed by atoms with van der Waals surface area (Å²) in [7, 11) is 1.39. The SMILES string of the molecule is COC(=O)[C@@H]1O[C@H]2C=C[C@H]1C2.